The van der Waals surface area contributed by atoms with Crippen LogP contribution in [0.15, 0.2) is 66.7 Å². The summed E-state index contributed by atoms with van der Waals surface area (Å²) in [5, 5.41) is 11.6. The number of hydrogen-bond donors (Lipinski definition) is 2. The van der Waals surface area contributed by atoms with Gasteiger partial charge in [0.1, 0.15) is 17.8 Å². The number of nitrogens with zero attached hydrogens (tertiary/aromatic N) is 1. The van der Waals surface area contributed by atoms with E-state index in [0.29, 0.717) is 0 Å². The Hall–Kier alpha value is -4.20. The fourth-order valence-corrected chi connectivity index (χ4v) is 4.75. The Kier molecular flexibility index (Phi) is 5.51. The monoisotopic (exact) mass is 474 g/mol. The van der Waals surface area contributed by atoms with Gasteiger partial charge in [-0.05, 0) is 47.4 Å². The summed E-state index contributed by atoms with van der Waals surface area (Å²) >= 11 is 0. The molecule has 0 atom stereocenters. The summed E-state index contributed by atoms with van der Waals surface area (Å²) in [6.07, 6.45) is -0.801. The molecule has 0 spiro atoms. The van der Waals surface area contributed by atoms with Gasteiger partial charge >= 0.3 is 12.1 Å². The predicted octanol–water partition coefficient (Wildman–Crippen LogP) is 4.73. The fourth-order valence-electron chi connectivity index (χ4n) is 4.75. The first-order chi connectivity index (χ1) is 16.8. The molecule has 1 saturated heterocycles. The second kappa shape index (κ2) is 8.54. The van der Waals surface area contributed by atoms with Gasteiger partial charge in [-0.25, -0.2) is 9.18 Å². The van der Waals surface area contributed by atoms with Crippen LogP contribution in [0.1, 0.15) is 34.3 Å². The van der Waals surface area contributed by atoms with Crippen LogP contribution in [-0.4, -0.2) is 47.7 Å². The SMILES string of the molecule is CC1(C(=O)O)CN(C(=O)c2ccc(NC(=O)OCC3c4ccccc4-c4ccccc43)c(F)c2)C1. The van der Waals surface area contributed by atoms with E-state index < -0.39 is 29.2 Å². The lowest BCUT2D eigenvalue weighted by Gasteiger charge is -2.44. The molecule has 2 N–H and O–H groups in total. The van der Waals surface area contributed by atoms with E-state index in [9.17, 15) is 23.9 Å². The lowest BCUT2D eigenvalue weighted by molar-refractivity contribution is -0.155. The Labute approximate surface area is 201 Å². The van der Waals surface area contributed by atoms with Crippen molar-refractivity contribution in [3.8, 4) is 11.1 Å². The molecule has 35 heavy (non-hydrogen) atoms. The van der Waals surface area contributed by atoms with Gasteiger partial charge < -0.3 is 14.7 Å². The van der Waals surface area contributed by atoms with Crippen LogP contribution >= 0.6 is 0 Å². The Morgan fingerprint density at radius 1 is 1.03 bits per heavy atom. The third-order valence-electron chi connectivity index (χ3n) is 6.68. The van der Waals surface area contributed by atoms with E-state index in [1.54, 1.807) is 6.92 Å². The lowest BCUT2D eigenvalue weighted by Crippen LogP contribution is -2.60. The highest BCUT2D eigenvalue weighted by atomic mass is 19.1. The number of amides is 2. The zero-order chi connectivity index (χ0) is 24.7. The van der Waals surface area contributed by atoms with Crippen LogP contribution in [0.25, 0.3) is 11.1 Å². The van der Waals surface area contributed by atoms with Gasteiger partial charge in [0.15, 0.2) is 0 Å². The Balaban J connectivity index is 1.22. The number of fused-ring (bicyclic) bond motifs is 3. The number of rotatable bonds is 5. The first kappa shape index (κ1) is 22.6. The molecule has 1 heterocycles. The number of aliphatic carboxylic acids is 1. The number of halogens is 1. The van der Waals surface area contributed by atoms with Crippen molar-refractivity contribution in [3.05, 3.63) is 89.2 Å². The quantitative estimate of drug-likeness (QED) is 0.557. The van der Waals surface area contributed by atoms with Crippen molar-refractivity contribution in [2.45, 2.75) is 12.8 Å². The maximum absolute atomic E-state index is 14.6. The van der Waals surface area contributed by atoms with Crippen molar-refractivity contribution in [1.29, 1.82) is 0 Å². The molecule has 0 unspecified atom stereocenters. The number of ether oxygens (including phenoxy) is 1. The summed E-state index contributed by atoms with van der Waals surface area (Å²) in [5.74, 6) is -2.34. The molecule has 2 amide bonds. The van der Waals surface area contributed by atoms with Gasteiger partial charge in [-0.15, -0.1) is 0 Å². The van der Waals surface area contributed by atoms with Crippen molar-refractivity contribution < 1.29 is 28.6 Å². The summed E-state index contributed by atoms with van der Waals surface area (Å²) in [4.78, 5) is 37.5. The molecule has 1 aliphatic carbocycles. The molecule has 0 saturated carbocycles. The fraction of sp³-hybridized carbons (Fsp3) is 0.222. The molecule has 0 aromatic heterocycles. The number of benzene rings is 3. The number of hydrogen-bond acceptors (Lipinski definition) is 4. The highest BCUT2D eigenvalue weighted by molar-refractivity contribution is 5.97. The number of carboxylic acid groups (broad SMARTS) is 1. The molecule has 178 valence electrons. The Morgan fingerprint density at radius 2 is 1.63 bits per heavy atom. The minimum Gasteiger partial charge on any atom is -0.481 e. The number of likely N-dealkylation sites (tertiary alicyclic amines) is 1. The van der Waals surface area contributed by atoms with Gasteiger partial charge in [-0.3, -0.25) is 14.9 Å². The smallest absolute Gasteiger partial charge is 0.411 e. The van der Waals surface area contributed by atoms with Crippen LogP contribution in [0.4, 0.5) is 14.9 Å². The van der Waals surface area contributed by atoms with E-state index in [0.717, 1.165) is 28.3 Å². The van der Waals surface area contributed by atoms with Gasteiger partial charge in [0.25, 0.3) is 5.91 Å². The lowest BCUT2D eigenvalue weighted by atomic mass is 9.81. The van der Waals surface area contributed by atoms with E-state index >= 15 is 0 Å². The zero-order valence-corrected chi connectivity index (χ0v) is 19.0. The van der Waals surface area contributed by atoms with Crippen molar-refractivity contribution in [2.24, 2.45) is 5.41 Å². The second-order valence-corrected chi connectivity index (χ2v) is 9.17. The average molecular weight is 474 g/mol. The summed E-state index contributed by atoms with van der Waals surface area (Å²) in [6, 6.07) is 19.6. The van der Waals surface area contributed by atoms with E-state index in [1.807, 2.05) is 48.5 Å². The molecular weight excluding hydrogens is 451 g/mol. The summed E-state index contributed by atoms with van der Waals surface area (Å²) in [6.45, 7) is 1.77. The largest absolute Gasteiger partial charge is 0.481 e. The topological polar surface area (TPSA) is 95.9 Å². The minimum absolute atomic E-state index is 0.0581. The molecule has 0 radical (unpaired) electrons. The van der Waals surface area contributed by atoms with Crippen LogP contribution in [0, 0.1) is 11.2 Å². The van der Waals surface area contributed by atoms with E-state index in [-0.39, 0.29) is 36.9 Å². The van der Waals surface area contributed by atoms with Crippen LogP contribution in [-0.2, 0) is 9.53 Å². The number of carbonyl (C=O) groups is 3. The molecule has 1 fully saturated rings. The van der Waals surface area contributed by atoms with E-state index in [2.05, 4.69) is 5.32 Å². The molecule has 3 aromatic rings. The van der Waals surface area contributed by atoms with Gasteiger partial charge in [0.05, 0.1) is 5.69 Å². The molecule has 0 bridgehead atoms. The number of anilines is 1. The van der Waals surface area contributed by atoms with Crippen molar-refractivity contribution in [2.75, 3.05) is 25.0 Å². The highest BCUT2D eigenvalue weighted by Gasteiger charge is 2.47. The maximum Gasteiger partial charge on any atom is 0.411 e. The molecular formula is C27H23FN2O5. The van der Waals surface area contributed by atoms with Crippen molar-refractivity contribution in [3.63, 3.8) is 0 Å². The summed E-state index contributed by atoms with van der Waals surface area (Å²) in [5.41, 5.74) is 3.33. The van der Waals surface area contributed by atoms with Gasteiger partial charge in [0, 0.05) is 24.6 Å². The van der Waals surface area contributed by atoms with Crippen LogP contribution < -0.4 is 5.32 Å². The first-order valence-electron chi connectivity index (χ1n) is 11.2. The number of carbonyl (C=O) groups excluding carboxylic acids is 2. The molecule has 7 nitrogen and oxygen atoms in total. The molecule has 8 heteroatoms. The van der Waals surface area contributed by atoms with E-state index in [4.69, 9.17) is 4.74 Å². The minimum atomic E-state index is -0.986. The Morgan fingerprint density at radius 3 is 2.20 bits per heavy atom. The highest BCUT2D eigenvalue weighted by Crippen LogP contribution is 2.44. The normalized spacial score (nSPS) is 15.5. The van der Waals surface area contributed by atoms with Crippen molar-refractivity contribution >= 4 is 23.7 Å². The molecule has 2 aliphatic rings. The maximum atomic E-state index is 14.6. The van der Waals surface area contributed by atoms with Crippen LogP contribution in [0.5, 0.6) is 0 Å². The third-order valence-corrected chi connectivity index (χ3v) is 6.68. The average Bonchev–Trinajstić information content (AvgIpc) is 3.15. The number of nitrogens with one attached hydrogen (secondary N) is 1. The Bertz CT molecular complexity index is 1300. The van der Waals surface area contributed by atoms with Crippen molar-refractivity contribution in [1.82, 2.24) is 4.90 Å². The standard InChI is InChI=1S/C27H23FN2O5/c1-27(25(32)33)14-30(15-27)24(31)16-10-11-23(22(28)12-16)29-26(34)35-13-21-19-8-4-2-6-17(19)18-7-3-5-9-20(18)21/h2-12,21H,13-15H2,1H3,(H,29,34)(H,32,33). The van der Waals surface area contributed by atoms with Gasteiger partial charge in [-0.2, -0.15) is 0 Å². The van der Waals surface area contributed by atoms with Gasteiger partial charge in [0.2, 0.25) is 0 Å². The third kappa shape index (κ3) is 4.01. The molecule has 3 aromatic carbocycles. The van der Waals surface area contributed by atoms with Crippen LogP contribution in [0.3, 0.4) is 0 Å². The number of carboxylic acids is 1. The first-order valence-corrected chi connectivity index (χ1v) is 11.2. The summed E-state index contributed by atoms with van der Waals surface area (Å²) in [7, 11) is 0. The second-order valence-electron chi connectivity index (χ2n) is 9.17. The summed E-state index contributed by atoms with van der Waals surface area (Å²) < 4.78 is 20.1. The van der Waals surface area contributed by atoms with Gasteiger partial charge in [-0.1, -0.05) is 48.5 Å². The van der Waals surface area contributed by atoms with E-state index in [1.165, 1.54) is 17.0 Å². The predicted molar refractivity (Wildman–Crippen MR) is 127 cm³/mol. The molecule has 5 rings (SSSR count). The van der Waals surface area contributed by atoms with Crippen LogP contribution in [0.2, 0.25) is 0 Å². The zero-order valence-electron chi connectivity index (χ0n) is 19.0. The molecule has 1 aliphatic heterocycles.